The largest absolute Gasteiger partial charge is 0.353 e. The molecule has 1 aliphatic rings. The molecule has 6 nitrogen and oxygen atoms in total. The summed E-state index contributed by atoms with van der Waals surface area (Å²) < 4.78 is 0. The number of carbonyl (C=O) groups is 1. The first-order valence-electron chi connectivity index (χ1n) is 7.08. The zero-order chi connectivity index (χ0) is 15.5. The SMILES string of the molecule is Cc1ccc(-c2nnc(SCC(=O)NC3CC3)[nH]c2=O)cc1. The van der Waals surface area contributed by atoms with Crippen LogP contribution in [0.15, 0.2) is 34.2 Å². The van der Waals surface area contributed by atoms with Gasteiger partial charge in [0.05, 0.1) is 5.75 Å². The van der Waals surface area contributed by atoms with Crippen LogP contribution in [0.4, 0.5) is 0 Å². The molecule has 0 aliphatic heterocycles. The summed E-state index contributed by atoms with van der Waals surface area (Å²) in [5, 5.41) is 11.2. The van der Waals surface area contributed by atoms with E-state index in [0.717, 1.165) is 24.0 Å². The van der Waals surface area contributed by atoms with Gasteiger partial charge >= 0.3 is 0 Å². The molecule has 22 heavy (non-hydrogen) atoms. The number of aromatic nitrogens is 3. The standard InChI is InChI=1S/C15H16N4O2S/c1-9-2-4-10(5-3-9)13-14(21)17-15(19-18-13)22-8-12(20)16-11-6-7-11/h2-5,11H,6-8H2,1H3,(H,16,20)(H,17,19,21). The Hall–Kier alpha value is -2.15. The van der Waals surface area contributed by atoms with Crippen LogP contribution in [0.25, 0.3) is 11.3 Å². The number of H-pyrrole nitrogens is 1. The second-order valence-electron chi connectivity index (χ2n) is 5.30. The number of nitrogens with zero attached hydrogens (tertiary/aromatic N) is 2. The highest BCUT2D eigenvalue weighted by Crippen LogP contribution is 2.19. The maximum Gasteiger partial charge on any atom is 0.278 e. The second-order valence-corrected chi connectivity index (χ2v) is 6.27. The van der Waals surface area contributed by atoms with Crippen LogP contribution in [-0.2, 0) is 4.79 Å². The van der Waals surface area contributed by atoms with E-state index in [9.17, 15) is 9.59 Å². The normalized spacial score (nSPS) is 13.9. The van der Waals surface area contributed by atoms with Crippen molar-refractivity contribution in [3.8, 4) is 11.3 Å². The Labute approximate surface area is 131 Å². The van der Waals surface area contributed by atoms with E-state index >= 15 is 0 Å². The van der Waals surface area contributed by atoms with Gasteiger partial charge in [-0.15, -0.1) is 10.2 Å². The number of amides is 1. The van der Waals surface area contributed by atoms with Gasteiger partial charge in [0, 0.05) is 11.6 Å². The summed E-state index contributed by atoms with van der Waals surface area (Å²) in [5.74, 6) is 0.183. The Morgan fingerprint density at radius 3 is 2.68 bits per heavy atom. The Kier molecular flexibility index (Phi) is 4.24. The third kappa shape index (κ3) is 3.73. The van der Waals surface area contributed by atoms with Crippen LogP contribution in [0.1, 0.15) is 18.4 Å². The van der Waals surface area contributed by atoms with Crippen LogP contribution < -0.4 is 10.9 Å². The fourth-order valence-corrected chi connectivity index (χ4v) is 2.53. The van der Waals surface area contributed by atoms with Crippen LogP contribution >= 0.6 is 11.8 Å². The predicted octanol–water partition coefficient (Wildman–Crippen LogP) is 1.51. The molecule has 1 amide bonds. The van der Waals surface area contributed by atoms with Crippen LogP contribution in [-0.4, -0.2) is 32.9 Å². The van der Waals surface area contributed by atoms with E-state index in [2.05, 4.69) is 20.5 Å². The monoisotopic (exact) mass is 316 g/mol. The highest BCUT2D eigenvalue weighted by molar-refractivity contribution is 7.99. The average Bonchev–Trinajstić information content (AvgIpc) is 3.30. The maximum atomic E-state index is 12.1. The van der Waals surface area contributed by atoms with Gasteiger partial charge in [-0.2, -0.15) is 0 Å². The highest BCUT2D eigenvalue weighted by atomic mass is 32.2. The molecule has 0 bridgehead atoms. The lowest BCUT2D eigenvalue weighted by molar-refractivity contribution is -0.118. The Morgan fingerprint density at radius 1 is 1.32 bits per heavy atom. The molecular formula is C15H16N4O2S. The molecule has 1 saturated carbocycles. The van der Waals surface area contributed by atoms with E-state index < -0.39 is 0 Å². The molecule has 2 aromatic rings. The van der Waals surface area contributed by atoms with Crippen LogP contribution in [0.2, 0.25) is 0 Å². The molecule has 114 valence electrons. The van der Waals surface area contributed by atoms with Crippen LogP contribution in [0.5, 0.6) is 0 Å². The van der Waals surface area contributed by atoms with Crippen molar-refractivity contribution >= 4 is 17.7 Å². The molecule has 1 fully saturated rings. The Bertz CT molecular complexity index is 738. The molecule has 2 N–H and O–H groups in total. The molecule has 1 aliphatic carbocycles. The minimum atomic E-state index is -0.302. The predicted molar refractivity (Wildman–Crippen MR) is 84.7 cm³/mol. The number of benzene rings is 1. The van der Waals surface area contributed by atoms with Gasteiger partial charge < -0.3 is 5.32 Å². The number of carbonyl (C=O) groups excluding carboxylic acids is 1. The smallest absolute Gasteiger partial charge is 0.278 e. The van der Waals surface area contributed by atoms with E-state index in [4.69, 9.17) is 0 Å². The van der Waals surface area contributed by atoms with Gasteiger partial charge in [0.25, 0.3) is 5.56 Å². The summed E-state index contributed by atoms with van der Waals surface area (Å²) >= 11 is 1.18. The van der Waals surface area contributed by atoms with Crippen LogP contribution in [0, 0.1) is 6.92 Å². The fourth-order valence-electron chi connectivity index (χ4n) is 1.92. The quantitative estimate of drug-likeness (QED) is 0.816. The number of aryl methyl sites for hydroxylation is 1. The zero-order valence-electron chi connectivity index (χ0n) is 12.1. The van der Waals surface area contributed by atoms with E-state index in [1.54, 1.807) is 0 Å². The van der Waals surface area contributed by atoms with Crippen molar-refractivity contribution in [1.29, 1.82) is 0 Å². The minimum Gasteiger partial charge on any atom is -0.353 e. The summed E-state index contributed by atoms with van der Waals surface area (Å²) in [7, 11) is 0. The number of nitrogens with one attached hydrogen (secondary N) is 2. The third-order valence-corrected chi connectivity index (χ3v) is 4.15. The number of thioether (sulfide) groups is 1. The van der Waals surface area contributed by atoms with Crippen molar-refractivity contribution in [3.05, 3.63) is 40.2 Å². The number of hydrogen-bond donors (Lipinski definition) is 2. The molecule has 1 aromatic heterocycles. The molecule has 1 aromatic carbocycles. The molecule has 0 radical (unpaired) electrons. The zero-order valence-corrected chi connectivity index (χ0v) is 12.9. The van der Waals surface area contributed by atoms with E-state index in [0.29, 0.717) is 11.2 Å². The molecule has 1 heterocycles. The number of aromatic amines is 1. The van der Waals surface area contributed by atoms with Crippen LogP contribution in [0.3, 0.4) is 0 Å². The van der Waals surface area contributed by atoms with E-state index in [1.165, 1.54) is 11.8 Å². The van der Waals surface area contributed by atoms with Gasteiger partial charge in [-0.25, -0.2) is 0 Å². The third-order valence-electron chi connectivity index (χ3n) is 3.28. The van der Waals surface area contributed by atoms with Gasteiger partial charge in [-0.3, -0.25) is 14.6 Å². The van der Waals surface area contributed by atoms with Gasteiger partial charge in [0.1, 0.15) is 0 Å². The Balaban J connectivity index is 1.67. The van der Waals surface area contributed by atoms with Gasteiger partial charge in [0.2, 0.25) is 5.91 Å². The molecule has 7 heteroatoms. The van der Waals surface area contributed by atoms with Gasteiger partial charge in [0.15, 0.2) is 10.9 Å². The number of hydrogen-bond acceptors (Lipinski definition) is 5. The summed E-state index contributed by atoms with van der Waals surface area (Å²) in [5.41, 5.74) is 1.82. The van der Waals surface area contributed by atoms with Crippen molar-refractivity contribution in [2.24, 2.45) is 0 Å². The molecule has 3 rings (SSSR count). The average molecular weight is 316 g/mol. The van der Waals surface area contributed by atoms with Crippen molar-refractivity contribution in [1.82, 2.24) is 20.5 Å². The molecular weight excluding hydrogens is 300 g/mol. The second kappa shape index (κ2) is 6.31. The summed E-state index contributed by atoms with van der Waals surface area (Å²) in [6.45, 7) is 1.98. The van der Waals surface area contributed by atoms with Crippen molar-refractivity contribution in [3.63, 3.8) is 0 Å². The first-order valence-corrected chi connectivity index (χ1v) is 8.06. The first kappa shape index (κ1) is 14.8. The molecule has 0 spiro atoms. The van der Waals surface area contributed by atoms with E-state index in [-0.39, 0.29) is 22.9 Å². The van der Waals surface area contributed by atoms with E-state index in [1.807, 2.05) is 31.2 Å². The topological polar surface area (TPSA) is 87.7 Å². The van der Waals surface area contributed by atoms with Gasteiger partial charge in [-0.05, 0) is 19.8 Å². The van der Waals surface area contributed by atoms with Gasteiger partial charge in [-0.1, -0.05) is 41.6 Å². The summed E-state index contributed by atoms with van der Waals surface area (Å²) in [6.07, 6.45) is 2.11. The summed E-state index contributed by atoms with van der Waals surface area (Å²) in [6, 6.07) is 7.85. The lowest BCUT2D eigenvalue weighted by Crippen LogP contribution is -2.27. The fraction of sp³-hybridized carbons (Fsp3) is 0.333. The van der Waals surface area contributed by atoms with Crippen molar-refractivity contribution in [2.75, 3.05) is 5.75 Å². The molecule has 0 unspecified atom stereocenters. The highest BCUT2D eigenvalue weighted by Gasteiger charge is 2.23. The first-order chi connectivity index (χ1) is 10.6. The number of rotatable bonds is 5. The Morgan fingerprint density at radius 2 is 2.05 bits per heavy atom. The summed E-state index contributed by atoms with van der Waals surface area (Å²) in [4.78, 5) is 26.4. The van der Waals surface area contributed by atoms with Crippen molar-refractivity contribution in [2.45, 2.75) is 31.0 Å². The minimum absolute atomic E-state index is 0.0437. The molecule has 0 atom stereocenters. The van der Waals surface area contributed by atoms with Crippen molar-refractivity contribution < 1.29 is 4.79 Å². The maximum absolute atomic E-state index is 12.1. The molecule has 0 saturated heterocycles. The lowest BCUT2D eigenvalue weighted by atomic mass is 10.1. The lowest BCUT2D eigenvalue weighted by Gasteiger charge is -2.03.